The van der Waals surface area contributed by atoms with Crippen molar-refractivity contribution in [2.45, 2.75) is 12.8 Å². The third-order valence-electron chi connectivity index (χ3n) is 4.44. The predicted octanol–water partition coefficient (Wildman–Crippen LogP) is 6.77. The molecular formula is C24H15F3N2O. The number of alkyl halides is 3. The second kappa shape index (κ2) is 8.55. The van der Waals surface area contributed by atoms with Crippen molar-refractivity contribution in [3.8, 4) is 11.8 Å². The highest BCUT2D eigenvalue weighted by molar-refractivity contribution is 5.80. The molecule has 30 heavy (non-hydrogen) atoms. The first-order valence-electron chi connectivity index (χ1n) is 8.82. The maximum absolute atomic E-state index is 13.2. The molecule has 0 aliphatic heterocycles. The summed E-state index contributed by atoms with van der Waals surface area (Å²) >= 11 is 0. The lowest BCUT2D eigenvalue weighted by atomic mass is 9.96. The van der Waals surface area contributed by atoms with E-state index in [1.165, 1.54) is 6.07 Å². The lowest BCUT2D eigenvalue weighted by Crippen LogP contribution is -2.06. The smallest absolute Gasteiger partial charge is 0.407 e. The average molecular weight is 404 g/mol. The fraction of sp³-hybridized carbons (Fsp3) is 0.0833. The normalized spacial score (nSPS) is 10.7. The van der Waals surface area contributed by atoms with Crippen LogP contribution in [0.25, 0.3) is 10.4 Å². The van der Waals surface area contributed by atoms with E-state index in [2.05, 4.69) is 11.4 Å². The van der Waals surface area contributed by atoms with Gasteiger partial charge in [-0.05, 0) is 52.6 Å². The van der Waals surface area contributed by atoms with E-state index in [1.807, 2.05) is 12.1 Å². The van der Waals surface area contributed by atoms with Gasteiger partial charge in [0.2, 0.25) is 0 Å². The molecule has 0 atom stereocenters. The molecule has 0 saturated heterocycles. The zero-order chi connectivity index (χ0) is 21.7. The standard InChI is InChI=1S/C24H15F3N2O/c1-16(20-8-11-23(29-2)22(13-20)24(25,26)27)19-5-3-4-18(12-19)15-30-21-9-6-17(14-28)7-10-21/h3-13H,1,15H2. The number of hydrogen-bond acceptors (Lipinski definition) is 2. The molecule has 3 rings (SSSR count). The van der Waals surface area contributed by atoms with Gasteiger partial charge in [-0.25, -0.2) is 4.85 Å². The van der Waals surface area contributed by atoms with Crippen LogP contribution in [0.3, 0.4) is 0 Å². The van der Waals surface area contributed by atoms with Crippen LogP contribution in [0.15, 0.2) is 73.3 Å². The highest BCUT2D eigenvalue weighted by Crippen LogP contribution is 2.38. The summed E-state index contributed by atoms with van der Waals surface area (Å²) in [6.45, 7) is 11.1. The van der Waals surface area contributed by atoms with Gasteiger partial charge in [0, 0.05) is 0 Å². The molecule has 0 aliphatic carbocycles. The molecule has 0 amide bonds. The molecule has 0 spiro atoms. The maximum Gasteiger partial charge on any atom is 0.407 e. The molecule has 6 heteroatoms. The van der Waals surface area contributed by atoms with Crippen molar-refractivity contribution < 1.29 is 17.9 Å². The summed E-state index contributed by atoms with van der Waals surface area (Å²) in [5.74, 6) is 0.600. The van der Waals surface area contributed by atoms with Gasteiger partial charge in [0.1, 0.15) is 12.4 Å². The van der Waals surface area contributed by atoms with Gasteiger partial charge in [0.15, 0.2) is 5.69 Å². The fourth-order valence-electron chi connectivity index (χ4n) is 2.86. The van der Waals surface area contributed by atoms with Gasteiger partial charge in [-0.15, -0.1) is 0 Å². The monoisotopic (exact) mass is 404 g/mol. The van der Waals surface area contributed by atoms with E-state index in [9.17, 15) is 13.2 Å². The van der Waals surface area contributed by atoms with Crippen molar-refractivity contribution in [3.05, 3.63) is 113 Å². The molecule has 3 aromatic carbocycles. The van der Waals surface area contributed by atoms with Crippen molar-refractivity contribution in [2.75, 3.05) is 0 Å². The van der Waals surface area contributed by atoms with E-state index in [-0.39, 0.29) is 6.61 Å². The molecule has 0 saturated carbocycles. The first-order valence-corrected chi connectivity index (χ1v) is 8.82. The largest absolute Gasteiger partial charge is 0.489 e. The SMILES string of the molecule is [C-]#[N+]c1ccc(C(=C)c2cccc(COc3ccc(C#N)cc3)c2)cc1C(F)(F)F. The minimum absolute atomic E-state index is 0.248. The summed E-state index contributed by atoms with van der Waals surface area (Å²) in [5.41, 5.74) is 1.28. The van der Waals surface area contributed by atoms with Gasteiger partial charge in [0.25, 0.3) is 0 Å². The minimum atomic E-state index is -4.62. The summed E-state index contributed by atoms with van der Waals surface area (Å²) in [4.78, 5) is 2.95. The Balaban J connectivity index is 1.81. The van der Waals surface area contributed by atoms with Crippen molar-refractivity contribution in [1.29, 1.82) is 5.26 Å². The van der Waals surface area contributed by atoms with Gasteiger partial charge in [0.05, 0.1) is 23.8 Å². The van der Waals surface area contributed by atoms with Crippen LogP contribution in [0.4, 0.5) is 18.9 Å². The summed E-state index contributed by atoms with van der Waals surface area (Å²) in [6.07, 6.45) is -4.62. The molecule has 0 bridgehead atoms. The van der Waals surface area contributed by atoms with Gasteiger partial charge in [-0.1, -0.05) is 43.0 Å². The Morgan fingerprint density at radius 3 is 2.37 bits per heavy atom. The molecule has 0 N–H and O–H groups in total. The van der Waals surface area contributed by atoms with Crippen molar-refractivity contribution >= 4 is 11.3 Å². The summed E-state index contributed by atoms with van der Waals surface area (Å²) in [7, 11) is 0. The molecular weight excluding hydrogens is 389 g/mol. The molecule has 0 fully saturated rings. The number of hydrogen-bond donors (Lipinski definition) is 0. The summed E-state index contributed by atoms with van der Waals surface area (Å²) in [6, 6.07) is 19.5. The van der Waals surface area contributed by atoms with Crippen LogP contribution in [-0.2, 0) is 12.8 Å². The third-order valence-corrected chi connectivity index (χ3v) is 4.44. The minimum Gasteiger partial charge on any atom is -0.489 e. The lowest BCUT2D eigenvalue weighted by molar-refractivity contribution is -0.136. The van der Waals surface area contributed by atoms with Crippen LogP contribution < -0.4 is 4.74 Å². The van der Waals surface area contributed by atoms with E-state index < -0.39 is 17.4 Å². The molecule has 148 valence electrons. The maximum atomic E-state index is 13.2. The van der Waals surface area contributed by atoms with Gasteiger partial charge < -0.3 is 4.74 Å². The Morgan fingerprint density at radius 2 is 1.73 bits per heavy atom. The molecule has 3 aromatic rings. The third kappa shape index (κ3) is 4.68. The summed E-state index contributed by atoms with van der Waals surface area (Å²) in [5, 5.41) is 8.83. The molecule has 0 aliphatic rings. The number of halogens is 3. The van der Waals surface area contributed by atoms with Crippen LogP contribution in [0, 0.1) is 17.9 Å². The Kier molecular flexibility index (Phi) is 5.90. The number of nitrogens with zero attached hydrogens (tertiary/aromatic N) is 2. The fourth-order valence-corrected chi connectivity index (χ4v) is 2.86. The Bertz CT molecular complexity index is 1170. The highest BCUT2D eigenvalue weighted by atomic mass is 19.4. The van der Waals surface area contributed by atoms with Gasteiger partial charge in [-0.2, -0.15) is 18.4 Å². The Morgan fingerprint density at radius 1 is 1.03 bits per heavy atom. The quantitative estimate of drug-likeness (QED) is 0.440. The van der Waals surface area contributed by atoms with E-state index in [1.54, 1.807) is 42.5 Å². The van der Waals surface area contributed by atoms with E-state index in [0.717, 1.165) is 17.7 Å². The Hall–Kier alpha value is -4.03. The summed E-state index contributed by atoms with van der Waals surface area (Å²) < 4.78 is 45.4. The van der Waals surface area contributed by atoms with Gasteiger partial charge >= 0.3 is 6.18 Å². The molecule has 0 unspecified atom stereocenters. The average Bonchev–Trinajstić information content (AvgIpc) is 2.76. The molecule has 0 heterocycles. The zero-order valence-corrected chi connectivity index (χ0v) is 15.7. The van der Waals surface area contributed by atoms with Crippen LogP contribution in [0.1, 0.15) is 27.8 Å². The molecule has 0 aromatic heterocycles. The molecule has 0 radical (unpaired) electrons. The van der Waals surface area contributed by atoms with Crippen LogP contribution in [0.5, 0.6) is 5.75 Å². The van der Waals surface area contributed by atoms with E-state index in [4.69, 9.17) is 16.6 Å². The predicted molar refractivity (Wildman–Crippen MR) is 108 cm³/mol. The van der Waals surface area contributed by atoms with Crippen LogP contribution in [0.2, 0.25) is 0 Å². The van der Waals surface area contributed by atoms with Crippen molar-refractivity contribution in [1.82, 2.24) is 0 Å². The Labute approximate surface area is 172 Å². The molecule has 3 nitrogen and oxygen atoms in total. The van der Waals surface area contributed by atoms with Crippen molar-refractivity contribution in [3.63, 3.8) is 0 Å². The second-order valence-electron chi connectivity index (χ2n) is 6.45. The first-order chi connectivity index (χ1) is 14.3. The first kappa shape index (κ1) is 20.7. The second-order valence-corrected chi connectivity index (χ2v) is 6.45. The number of ether oxygens (including phenoxy) is 1. The lowest BCUT2D eigenvalue weighted by Gasteiger charge is -2.14. The number of nitriles is 1. The zero-order valence-electron chi connectivity index (χ0n) is 15.7. The number of rotatable bonds is 5. The van der Waals surface area contributed by atoms with Gasteiger partial charge in [-0.3, -0.25) is 0 Å². The van der Waals surface area contributed by atoms with Crippen LogP contribution in [-0.4, -0.2) is 0 Å². The van der Waals surface area contributed by atoms with E-state index in [0.29, 0.717) is 28.0 Å². The van der Waals surface area contributed by atoms with Crippen molar-refractivity contribution in [2.24, 2.45) is 0 Å². The number of benzene rings is 3. The van der Waals surface area contributed by atoms with Crippen LogP contribution >= 0.6 is 0 Å². The topological polar surface area (TPSA) is 37.4 Å². The van der Waals surface area contributed by atoms with E-state index >= 15 is 0 Å². The highest BCUT2D eigenvalue weighted by Gasteiger charge is 2.33.